The van der Waals surface area contributed by atoms with Crippen molar-refractivity contribution in [3.8, 4) is 5.69 Å². The van der Waals surface area contributed by atoms with Gasteiger partial charge >= 0.3 is 0 Å². The summed E-state index contributed by atoms with van der Waals surface area (Å²) < 4.78 is 16.2. The summed E-state index contributed by atoms with van der Waals surface area (Å²) in [5, 5.41) is 7.22. The first kappa shape index (κ1) is 16.2. The minimum Gasteiger partial charge on any atom is -0.380 e. The molecule has 3 rings (SSSR count). The molecule has 0 radical (unpaired) electrons. The molecule has 0 aliphatic carbocycles. The lowest BCUT2D eigenvalue weighted by molar-refractivity contribution is 0.0997. The van der Waals surface area contributed by atoms with Gasteiger partial charge in [0.25, 0.3) is 5.91 Å². The third kappa shape index (κ3) is 3.46. The van der Waals surface area contributed by atoms with E-state index in [-0.39, 0.29) is 5.56 Å². The number of halogens is 2. The fraction of sp³-hybridized carbons (Fsp3) is 0.0588. The molecule has 0 spiro atoms. The molecule has 1 heterocycles. The van der Waals surface area contributed by atoms with Crippen molar-refractivity contribution in [3.63, 3.8) is 0 Å². The second kappa shape index (κ2) is 6.84. The highest BCUT2D eigenvalue weighted by molar-refractivity contribution is 9.10. The van der Waals surface area contributed by atoms with Crippen LogP contribution in [0.5, 0.6) is 0 Å². The summed E-state index contributed by atoms with van der Waals surface area (Å²) in [5.41, 5.74) is 7.38. The lowest BCUT2D eigenvalue weighted by Crippen LogP contribution is -2.16. The molecule has 0 aliphatic heterocycles. The summed E-state index contributed by atoms with van der Waals surface area (Å²) in [4.78, 5) is 11.5. The van der Waals surface area contributed by atoms with Gasteiger partial charge < -0.3 is 11.1 Å². The Morgan fingerprint density at radius 2 is 2.04 bits per heavy atom. The Morgan fingerprint density at radius 3 is 2.67 bits per heavy atom. The first-order chi connectivity index (χ1) is 11.5. The molecule has 24 heavy (non-hydrogen) atoms. The van der Waals surface area contributed by atoms with Crippen LogP contribution in [0.3, 0.4) is 0 Å². The Balaban J connectivity index is 1.78. The topological polar surface area (TPSA) is 72.9 Å². The van der Waals surface area contributed by atoms with E-state index in [9.17, 15) is 9.18 Å². The van der Waals surface area contributed by atoms with E-state index in [0.29, 0.717) is 16.7 Å². The molecule has 1 aromatic heterocycles. The number of rotatable bonds is 5. The van der Waals surface area contributed by atoms with Crippen molar-refractivity contribution < 1.29 is 9.18 Å². The molecule has 0 atom stereocenters. The third-order valence-electron chi connectivity index (χ3n) is 3.49. The van der Waals surface area contributed by atoms with Crippen LogP contribution in [0.1, 0.15) is 15.9 Å². The van der Waals surface area contributed by atoms with Gasteiger partial charge in [-0.25, -0.2) is 9.07 Å². The zero-order valence-corrected chi connectivity index (χ0v) is 14.1. The van der Waals surface area contributed by atoms with E-state index >= 15 is 0 Å². The lowest BCUT2D eigenvalue weighted by Gasteiger charge is -2.12. The number of amides is 1. The number of hydrogen-bond acceptors (Lipinski definition) is 3. The van der Waals surface area contributed by atoms with E-state index in [1.807, 2.05) is 36.5 Å². The summed E-state index contributed by atoms with van der Waals surface area (Å²) in [5.74, 6) is -1.47. The molecule has 0 bridgehead atoms. The number of hydrogen-bond donors (Lipinski definition) is 2. The molecule has 0 fully saturated rings. The van der Waals surface area contributed by atoms with Crippen LogP contribution in [0.4, 0.5) is 10.1 Å². The van der Waals surface area contributed by atoms with Crippen LogP contribution in [0.2, 0.25) is 0 Å². The highest BCUT2D eigenvalue weighted by Crippen LogP contribution is 2.25. The SMILES string of the molecule is NC(=O)c1c(F)cc(Br)cc1NCc1ccc(-n2cccn2)cc1. The van der Waals surface area contributed by atoms with E-state index < -0.39 is 11.7 Å². The van der Waals surface area contributed by atoms with Crippen LogP contribution in [0.25, 0.3) is 5.69 Å². The highest BCUT2D eigenvalue weighted by atomic mass is 79.9. The van der Waals surface area contributed by atoms with Crippen LogP contribution in [0, 0.1) is 5.82 Å². The summed E-state index contributed by atoms with van der Waals surface area (Å²) >= 11 is 3.21. The molecule has 122 valence electrons. The smallest absolute Gasteiger partial charge is 0.253 e. The minimum absolute atomic E-state index is 0.147. The number of carbonyl (C=O) groups is 1. The van der Waals surface area contributed by atoms with Crippen molar-refractivity contribution in [1.29, 1.82) is 0 Å². The average Bonchev–Trinajstić information content (AvgIpc) is 3.06. The van der Waals surface area contributed by atoms with Gasteiger partial charge in [0.05, 0.1) is 16.9 Å². The van der Waals surface area contributed by atoms with Crippen molar-refractivity contribution in [1.82, 2.24) is 9.78 Å². The number of carbonyl (C=O) groups excluding carboxylic acids is 1. The van der Waals surface area contributed by atoms with Crippen molar-refractivity contribution >= 4 is 27.5 Å². The lowest BCUT2D eigenvalue weighted by atomic mass is 10.1. The molecule has 7 heteroatoms. The van der Waals surface area contributed by atoms with Gasteiger partial charge in [-0.2, -0.15) is 5.10 Å². The van der Waals surface area contributed by atoms with Crippen molar-refractivity contribution in [2.45, 2.75) is 6.54 Å². The zero-order valence-electron chi connectivity index (χ0n) is 12.5. The van der Waals surface area contributed by atoms with Crippen LogP contribution in [-0.4, -0.2) is 15.7 Å². The summed E-state index contributed by atoms with van der Waals surface area (Å²) in [7, 11) is 0. The second-order valence-electron chi connectivity index (χ2n) is 5.15. The van der Waals surface area contributed by atoms with Crippen molar-refractivity contribution in [2.75, 3.05) is 5.32 Å². The van der Waals surface area contributed by atoms with Crippen molar-refractivity contribution in [2.24, 2.45) is 5.73 Å². The molecule has 0 aliphatic rings. The van der Waals surface area contributed by atoms with Gasteiger partial charge in [0, 0.05) is 23.4 Å². The number of nitrogens with two attached hydrogens (primary N) is 1. The second-order valence-corrected chi connectivity index (χ2v) is 6.06. The predicted molar refractivity (Wildman–Crippen MR) is 93.5 cm³/mol. The van der Waals surface area contributed by atoms with Gasteiger partial charge in [-0.05, 0) is 35.9 Å². The molecule has 0 saturated heterocycles. The molecule has 3 aromatic rings. The average molecular weight is 389 g/mol. The fourth-order valence-corrected chi connectivity index (χ4v) is 2.78. The summed E-state index contributed by atoms with van der Waals surface area (Å²) in [6.45, 7) is 0.426. The first-order valence-corrected chi connectivity index (χ1v) is 7.95. The Morgan fingerprint density at radius 1 is 1.29 bits per heavy atom. The maximum atomic E-state index is 13.9. The standard InChI is InChI=1S/C17H14BrFN4O/c18-12-8-14(19)16(17(20)24)15(9-12)21-10-11-2-4-13(5-3-11)23-7-1-6-22-23/h1-9,21H,10H2,(H2,20,24). The zero-order chi connectivity index (χ0) is 17.1. The Labute approximate surface area is 146 Å². The summed E-state index contributed by atoms with van der Waals surface area (Å²) in [6, 6.07) is 12.4. The maximum absolute atomic E-state index is 13.9. The monoisotopic (exact) mass is 388 g/mol. The van der Waals surface area contributed by atoms with E-state index in [4.69, 9.17) is 5.73 Å². The Bertz CT molecular complexity index is 863. The van der Waals surface area contributed by atoms with Gasteiger partial charge in [0.15, 0.2) is 0 Å². The Kier molecular flexibility index (Phi) is 4.61. The predicted octanol–water partition coefficient (Wildman–Crippen LogP) is 3.48. The number of aromatic nitrogens is 2. The van der Waals surface area contributed by atoms with Crippen LogP contribution in [-0.2, 0) is 6.54 Å². The van der Waals surface area contributed by atoms with E-state index in [1.54, 1.807) is 16.9 Å². The highest BCUT2D eigenvalue weighted by Gasteiger charge is 2.15. The van der Waals surface area contributed by atoms with Crippen LogP contribution < -0.4 is 11.1 Å². The van der Waals surface area contributed by atoms with Crippen LogP contribution in [0.15, 0.2) is 59.3 Å². The van der Waals surface area contributed by atoms with Crippen molar-refractivity contribution in [3.05, 3.63) is 76.3 Å². The number of nitrogens with one attached hydrogen (secondary N) is 1. The molecule has 2 aromatic carbocycles. The quantitative estimate of drug-likeness (QED) is 0.702. The third-order valence-corrected chi connectivity index (χ3v) is 3.95. The maximum Gasteiger partial charge on any atom is 0.253 e. The molecular weight excluding hydrogens is 375 g/mol. The molecular formula is C17H14BrFN4O. The number of nitrogens with zero attached hydrogens (tertiary/aromatic N) is 2. The van der Waals surface area contributed by atoms with Gasteiger partial charge in [0.2, 0.25) is 0 Å². The first-order valence-electron chi connectivity index (χ1n) is 7.16. The van der Waals surface area contributed by atoms with Gasteiger partial charge in [0.1, 0.15) is 5.82 Å². The van der Waals surface area contributed by atoms with E-state index in [0.717, 1.165) is 11.3 Å². The molecule has 5 nitrogen and oxygen atoms in total. The van der Waals surface area contributed by atoms with Gasteiger partial charge in [-0.15, -0.1) is 0 Å². The number of benzene rings is 2. The van der Waals surface area contributed by atoms with E-state index in [1.165, 1.54) is 6.07 Å². The molecule has 1 amide bonds. The normalized spacial score (nSPS) is 10.6. The summed E-state index contributed by atoms with van der Waals surface area (Å²) in [6.07, 6.45) is 3.57. The molecule has 0 saturated carbocycles. The largest absolute Gasteiger partial charge is 0.380 e. The van der Waals surface area contributed by atoms with Gasteiger partial charge in [-0.3, -0.25) is 4.79 Å². The van der Waals surface area contributed by atoms with Gasteiger partial charge in [-0.1, -0.05) is 28.1 Å². The Hall–Kier alpha value is -2.67. The van der Waals surface area contributed by atoms with E-state index in [2.05, 4.69) is 26.3 Å². The molecule has 3 N–H and O–H groups in total. The fourth-order valence-electron chi connectivity index (χ4n) is 2.35. The number of primary amides is 1. The van der Waals surface area contributed by atoms with Crippen LogP contribution >= 0.6 is 15.9 Å². The molecule has 0 unspecified atom stereocenters. The minimum atomic E-state index is -0.809. The number of anilines is 1.